The van der Waals surface area contributed by atoms with E-state index >= 15 is 0 Å². The van der Waals surface area contributed by atoms with Crippen LogP contribution in [0.5, 0.6) is 17.2 Å². The number of anilines is 1. The number of hydrogen-bond donors (Lipinski definition) is 3. The van der Waals surface area contributed by atoms with Crippen molar-refractivity contribution >= 4 is 23.6 Å². The standard InChI is InChI=1S/C26H27N3O5/c1-32-22-14-18(15-23(33-2)24(22)34-3)13-21(29-25(30)19-9-5-4-6-10-19)26(31)28-16-17-8-7-11-20(27)12-17/h4-15H,16,27H2,1-3H3,(H,28,31)(H,29,30)/b21-13-. The third-order valence-electron chi connectivity index (χ3n) is 4.93. The minimum atomic E-state index is -0.472. The highest BCUT2D eigenvalue weighted by Gasteiger charge is 2.17. The number of rotatable bonds is 9. The van der Waals surface area contributed by atoms with Crippen molar-refractivity contribution in [1.82, 2.24) is 10.6 Å². The zero-order valence-corrected chi connectivity index (χ0v) is 19.3. The summed E-state index contributed by atoms with van der Waals surface area (Å²) in [5.41, 5.74) is 8.28. The van der Waals surface area contributed by atoms with Crippen LogP contribution in [0.4, 0.5) is 5.69 Å². The largest absolute Gasteiger partial charge is 0.493 e. The van der Waals surface area contributed by atoms with Crippen molar-refractivity contribution in [3.05, 3.63) is 89.1 Å². The van der Waals surface area contributed by atoms with Crippen LogP contribution in [0, 0.1) is 0 Å². The van der Waals surface area contributed by atoms with E-state index in [4.69, 9.17) is 19.9 Å². The molecule has 0 aliphatic heterocycles. The molecule has 0 radical (unpaired) electrons. The molecule has 0 bridgehead atoms. The molecule has 3 rings (SSSR count). The second-order valence-corrected chi connectivity index (χ2v) is 7.26. The topological polar surface area (TPSA) is 112 Å². The first kappa shape index (κ1) is 24.2. The van der Waals surface area contributed by atoms with Crippen molar-refractivity contribution in [3.63, 3.8) is 0 Å². The second-order valence-electron chi connectivity index (χ2n) is 7.26. The average Bonchev–Trinajstić information content (AvgIpc) is 2.86. The van der Waals surface area contributed by atoms with E-state index in [0.29, 0.717) is 34.1 Å². The molecule has 0 aliphatic rings. The first-order chi connectivity index (χ1) is 16.4. The number of nitrogen functional groups attached to an aromatic ring is 1. The Kier molecular flexibility index (Phi) is 8.12. The average molecular weight is 462 g/mol. The quantitative estimate of drug-likeness (QED) is 0.333. The number of nitrogens with one attached hydrogen (secondary N) is 2. The zero-order chi connectivity index (χ0) is 24.5. The lowest BCUT2D eigenvalue weighted by atomic mass is 10.1. The van der Waals surface area contributed by atoms with Crippen LogP contribution in [0.15, 0.2) is 72.4 Å². The van der Waals surface area contributed by atoms with Gasteiger partial charge in [0.15, 0.2) is 11.5 Å². The summed E-state index contributed by atoms with van der Waals surface area (Å²) in [5, 5.41) is 5.52. The Bertz CT molecular complexity index is 1170. The van der Waals surface area contributed by atoms with E-state index in [2.05, 4.69) is 10.6 Å². The van der Waals surface area contributed by atoms with Gasteiger partial charge in [-0.25, -0.2) is 0 Å². The van der Waals surface area contributed by atoms with Crippen molar-refractivity contribution < 1.29 is 23.8 Å². The number of ether oxygens (including phenoxy) is 3. The van der Waals surface area contributed by atoms with E-state index in [1.54, 1.807) is 60.7 Å². The van der Waals surface area contributed by atoms with Crippen LogP contribution in [0.2, 0.25) is 0 Å². The van der Waals surface area contributed by atoms with E-state index in [1.807, 2.05) is 12.1 Å². The molecule has 4 N–H and O–H groups in total. The first-order valence-corrected chi connectivity index (χ1v) is 10.5. The van der Waals surface area contributed by atoms with Crippen LogP contribution in [-0.4, -0.2) is 33.1 Å². The number of carbonyl (C=O) groups excluding carboxylic acids is 2. The number of carbonyl (C=O) groups is 2. The fourth-order valence-corrected chi connectivity index (χ4v) is 3.27. The van der Waals surface area contributed by atoms with Gasteiger partial charge in [0, 0.05) is 17.8 Å². The molecule has 0 spiro atoms. The molecule has 0 atom stereocenters. The van der Waals surface area contributed by atoms with Gasteiger partial charge in [0.1, 0.15) is 5.70 Å². The van der Waals surface area contributed by atoms with Crippen molar-refractivity contribution in [3.8, 4) is 17.2 Å². The van der Waals surface area contributed by atoms with Gasteiger partial charge in [-0.1, -0.05) is 30.3 Å². The van der Waals surface area contributed by atoms with E-state index in [1.165, 1.54) is 21.3 Å². The Morgan fingerprint density at radius 1 is 0.882 bits per heavy atom. The highest BCUT2D eigenvalue weighted by atomic mass is 16.5. The first-order valence-electron chi connectivity index (χ1n) is 10.5. The normalized spacial score (nSPS) is 10.9. The van der Waals surface area contributed by atoms with E-state index in [-0.39, 0.29) is 12.2 Å². The number of nitrogens with two attached hydrogens (primary N) is 1. The van der Waals surface area contributed by atoms with Crippen LogP contribution in [-0.2, 0) is 11.3 Å². The maximum Gasteiger partial charge on any atom is 0.268 e. The lowest BCUT2D eigenvalue weighted by Gasteiger charge is -2.14. The summed E-state index contributed by atoms with van der Waals surface area (Å²) in [4.78, 5) is 25.9. The Morgan fingerprint density at radius 2 is 1.56 bits per heavy atom. The lowest BCUT2D eigenvalue weighted by Crippen LogP contribution is -2.34. The van der Waals surface area contributed by atoms with Crippen molar-refractivity contribution in [1.29, 1.82) is 0 Å². The molecule has 2 amide bonds. The molecule has 0 aliphatic carbocycles. The lowest BCUT2D eigenvalue weighted by molar-refractivity contribution is -0.117. The highest BCUT2D eigenvalue weighted by molar-refractivity contribution is 6.05. The fourth-order valence-electron chi connectivity index (χ4n) is 3.27. The third kappa shape index (κ3) is 6.07. The molecule has 8 nitrogen and oxygen atoms in total. The van der Waals surface area contributed by atoms with Gasteiger partial charge in [-0.05, 0) is 53.6 Å². The summed E-state index contributed by atoms with van der Waals surface area (Å²) < 4.78 is 16.1. The Hall–Kier alpha value is -4.46. The Balaban J connectivity index is 1.94. The minimum absolute atomic E-state index is 0.0482. The molecule has 0 fully saturated rings. The van der Waals surface area contributed by atoms with Crippen LogP contribution in [0.3, 0.4) is 0 Å². The second kappa shape index (κ2) is 11.4. The molecule has 0 saturated heterocycles. The molecule has 0 unspecified atom stereocenters. The van der Waals surface area contributed by atoms with Crippen LogP contribution < -0.4 is 30.6 Å². The predicted octanol–water partition coefficient (Wildman–Crippen LogP) is 3.38. The minimum Gasteiger partial charge on any atom is -0.493 e. The smallest absolute Gasteiger partial charge is 0.268 e. The third-order valence-corrected chi connectivity index (χ3v) is 4.93. The van der Waals surface area contributed by atoms with Crippen LogP contribution >= 0.6 is 0 Å². The van der Waals surface area contributed by atoms with Crippen molar-refractivity contribution in [2.45, 2.75) is 6.54 Å². The summed E-state index contributed by atoms with van der Waals surface area (Å²) in [6.45, 7) is 0.234. The van der Waals surface area contributed by atoms with Gasteiger partial charge >= 0.3 is 0 Å². The van der Waals surface area contributed by atoms with Crippen molar-refractivity contribution in [2.24, 2.45) is 0 Å². The zero-order valence-electron chi connectivity index (χ0n) is 19.3. The molecule has 3 aromatic rings. The number of methoxy groups -OCH3 is 3. The molecule has 0 aromatic heterocycles. The summed E-state index contributed by atoms with van der Waals surface area (Å²) in [6, 6.07) is 19.2. The maximum atomic E-state index is 13.1. The molecule has 176 valence electrons. The fraction of sp³-hybridized carbons (Fsp3) is 0.154. The molecule has 3 aromatic carbocycles. The van der Waals surface area contributed by atoms with Crippen molar-refractivity contribution in [2.75, 3.05) is 27.1 Å². The molecule has 34 heavy (non-hydrogen) atoms. The molecule has 8 heteroatoms. The summed E-state index contributed by atoms with van der Waals surface area (Å²) in [6.07, 6.45) is 1.54. The van der Waals surface area contributed by atoms with Crippen LogP contribution in [0.25, 0.3) is 6.08 Å². The molecular weight excluding hydrogens is 434 g/mol. The van der Waals surface area contributed by atoms with Gasteiger partial charge < -0.3 is 30.6 Å². The van der Waals surface area contributed by atoms with E-state index in [0.717, 1.165) is 5.56 Å². The monoisotopic (exact) mass is 461 g/mol. The van der Waals surface area contributed by atoms with Crippen LogP contribution in [0.1, 0.15) is 21.5 Å². The summed E-state index contributed by atoms with van der Waals surface area (Å²) in [5.74, 6) is 0.367. The Labute approximate surface area is 198 Å². The van der Waals surface area contributed by atoms with Gasteiger partial charge in [-0.15, -0.1) is 0 Å². The number of benzene rings is 3. The summed E-state index contributed by atoms with van der Waals surface area (Å²) in [7, 11) is 4.51. The van der Waals surface area contributed by atoms with Gasteiger partial charge in [0.05, 0.1) is 21.3 Å². The van der Waals surface area contributed by atoms with Gasteiger partial charge in [0.25, 0.3) is 11.8 Å². The van der Waals surface area contributed by atoms with E-state index in [9.17, 15) is 9.59 Å². The number of amides is 2. The molecular formula is C26H27N3O5. The molecule has 0 heterocycles. The van der Waals surface area contributed by atoms with Gasteiger partial charge in [0.2, 0.25) is 5.75 Å². The molecule has 0 saturated carbocycles. The predicted molar refractivity (Wildman–Crippen MR) is 131 cm³/mol. The Morgan fingerprint density at radius 3 is 2.15 bits per heavy atom. The maximum absolute atomic E-state index is 13.1. The van der Waals surface area contributed by atoms with Gasteiger partial charge in [-0.2, -0.15) is 0 Å². The van der Waals surface area contributed by atoms with E-state index < -0.39 is 11.8 Å². The SMILES string of the molecule is COc1cc(/C=C(\NC(=O)c2ccccc2)C(=O)NCc2cccc(N)c2)cc(OC)c1OC. The number of hydrogen-bond acceptors (Lipinski definition) is 6. The van der Waals surface area contributed by atoms with Gasteiger partial charge in [-0.3, -0.25) is 9.59 Å². The summed E-state index contributed by atoms with van der Waals surface area (Å²) >= 11 is 0. The highest BCUT2D eigenvalue weighted by Crippen LogP contribution is 2.38.